The zero-order chi connectivity index (χ0) is 25.4. The van der Waals surface area contributed by atoms with Crippen LogP contribution in [0.1, 0.15) is 11.1 Å². The Morgan fingerprint density at radius 2 is 1.83 bits per heavy atom. The molecule has 0 saturated carbocycles. The highest BCUT2D eigenvalue weighted by Gasteiger charge is 2.33. The largest absolute Gasteiger partial charge is 0.493 e. The molecule has 182 valence electrons. The number of amides is 1. The van der Waals surface area contributed by atoms with Crippen molar-refractivity contribution in [3.05, 3.63) is 88.0 Å². The Labute approximate surface area is 197 Å². The van der Waals surface area contributed by atoms with Gasteiger partial charge in [0.15, 0.2) is 18.1 Å². The number of nitrogens with zero attached hydrogens (tertiary/aromatic N) is 2. The fraction of sp³-hybridized carbons (Fsp3) is 0.130. The van der Waals surface area contributed by atoms with E-state index < -0.39 is 22.4 Å². The maximum atomic E-state index is 12.8. The summed E-state index contributed by atoms with van der Waals surface area (Å²) in [6.07, 6.45) is -3.43. The van der Waals surface area contributed by atoms with Crippen molar-refractivity contribution in [3.8, 4) is 11.5 Å². The number of carbonyl (C=O) groups is 1. The highest BCUT2D eigenvalue weighted by atomic mass is 19.4. The molecule has 0 saturated heterocycles. The van der Waals surface area contributed by atoms with Gasteiger partial charge in [-0.2, -0.15) is 18.3 Å². The maximum Gasteiger partial charge on any atom is 0.416 e. The quantitative estimate of drug-likeness (QED) is 0.246. The van der Waals surface area contributed by atoms with Crippen molar-refractivity contribution < 1.29 is 32.4 Å². The SMILES string of the molecule is COc1cc(/C=N\Nc2ccc(C(F)(F)F)cc2[N+](=O)[O-])ccc1OCC(=O)Nc1ccccc1. The molecule has 0 bridgehead atoms. The zero-order valence-electron chi connectivity index (χ0n) is 18.2. The van der Waals surface area contributed by atoms with Crippen LogP contribution in [-0.2, 0) is 11.0 Å². The number of hydrazone groups is 1. The third-order valence-corrected chi connectivity index (χ3v) is 4.52. The Morgan fingerprint density at radius 3 is 2.49 bits per heavy atom. The molecule has 3 rings (SSSR count). The molecule has 9 nitrogen and oxygen atoms in total. The molecule has 0 fully saturated rings. The van der Waals surface area contributed by atoms with Crippen molar-refractivity contribution in [2.45, 2.75) is 6.18 Å². The van der Waals surface area contributed by atoms with E-state index in [2.05, 4.69) is 15.8 Å². The number of methoxy groups -OCH3 is 1. The monoisotopic (exact) mass is 488 g/mol. The van der Waals surface area contributed by atoms with E-state index in [9.17, 15) is 28.1 Å². The molecule has 3 aromatic rings. The number of alkyl halides is 3. The predicted molar refractivity (Wildman–Crippen MR) is 123 cm³/mol. The average molecular weight is 488 g/mol. The normalized spacial score (nSPS) is 11.2. The van der Waals surface area contributed by atoms with E-state index in [1.807, 2.05) is 6.07 Å². The number of rotatable bonds is 9. The van der Waals surface area contributed by atoms with Crippen LogP contribution in [0.15, 0.2) is 71.8 Å². The minimum atomic E-state index is -4.71. The fourth-order valence-corrected chi connectivity index (χ4v) is 2.88. The first-order valence-electron chi connectivity index (χ1n) is 9.98. The minimum absolute atomic E-state index is 0.212. The molecule has 0 heterocycles. The minimum Gasteiger partial charge on any atom is -0.493 e. The number of anilines is 2. The van der Waals surface area contributed by atoms with Crippen LogP contribution in [0.4, 0.5) is 30.2 Å². The maximum absolute atomic E-state index is 12.8. The summed E-state index contributed by atoms with van der Waals surface area (Å²) < 4.78 is 49.2. The van der Waals surface area contributed by atoms with Crippen LogP contribution in [0.5, 0.6) is 11.5 Å². The van der Waals surface area contributed by atoms with Crippen molar-refractivity contribution >= 4 is 29.2 Å². The number of para-hydroxylation sites is 1. The number of nitrogens with one attached hydrogen (secondary N) is 2. The van der Waals surface area contributed by atoms with E-state index in [1.54, 1.807) is 30.3 Å². The second-order valence-electron chi connectivity index (χ2n) is 6.97. The molecule has 0 aliphatic carbocycles. The molecule has 0 aliphatic heterocycles. The van der Waals surface area contributed by atoms with Crippen LogP contribution in [-0.4, -0.2) is 30.8 Å². The zero-order valence-corrected chi connectivity index (χ0v) is 18.2. The van der Waals surface area contributed by atoms with Gasteiger partial charge in [-0.15, -0.1) is 0 Å². The van der Waals surface area contributed by atoms with Gasteiger partial charge in [-0.1, -0.05) is 18.2 Å². The van der Waals surface area contributed by atoms with Crippen molar-refractivity contribution in [1.29, 1.82) is 0 Å². The smallest absolute Gasteiger partial charge is 0.416 e. The number of ether oxygens (including phenoxy) is 2. The second kappa shape index (κ2) is 11.0. The molecule has 1 amide bonds. The summed E-state index contributed by atoms with van der Waals surface area (Å²) in [5.41, 5.74) is 1.36. The van der Waals surface area contributed by atoms with Gasteiger partial charge < -0.3 is 14.8 Å². The Morgan fingerprint density at radius 1 is 1.09 bits per heavy atom. The van der Waals surface area contributed by atoms with Crippen molar-refractivity contribution in [2.75, 3.05) is 24.5 Å². The van der Waals surface area contributed by atoms with Gasteiger partial charge in [0.05, 0.1) is 23.8 Å². The molecule has 0 aromatic heterocycles. The molecule has 35 heavy (non-hydrogen) atoms. The third kappa shape index (κ3) is 6.93. The first-order chi connectivity index (χ1) is 16.7. The molecule has 0 spiro atoms. The first kappa shape index (κ1) is 25.0. The van der Waals surface area contributed by atoms with Crippen LogP contribution in [0.3, 0.4) is 0 Å². The van der Waals surface area contributed by atoms with Crippen LogP contribution in [0.2, 0.25) is 0 Å². The number of benzene rings is 3. The summed E-state index contributed by atoms with van der Waals surface area (Å²) in [6.45, 7) is -0.266. The Balaban J connectivity index is 1.65. The van der Waals surface area contributed by atoms with Gasteiger partial charge >= 0.3 is 6.18 Å². The number of hydrogen-bond acceptors (Lipinski definition) is 7. The molecule has 2 N–H and O–H groups in total. The van der Waals surface area contributed by atoms with Crippen LogP contribution in [0.25, 0.3) is 0 Å². The number of nitro groups is 1. The molecule has 0 radical (unpaired) electrons. The van der Waals surface area contributed by atoms with Gasteiger partial charge in [0.1, 0.15) is 5.69 Å². The Kier molecular flexibility index (Phi) is 7.87. The van der Waals surface area contributed by atoms with Gasteiger partial charge in [-0.3, -0.25) is 20.3 Å². The second-order valence-corrected chi connectivity index (χ2v) is 6.97. The van der Waals surface area contributed by atoms with Crippen molar-refractivity contribution in [1.82, 2.24) is 0 Å². The lowest BCUT2D eigenvalue weighted by Crippen LogP contribution is -2.20. The van der Waals surface area contributed by atoms with E-state index in [1.165, 1.54) is 25.5 Å². The van der Waals surface area contributed by atoms with Gasteiger partial charge in [0.25, 0.3) is 11.6 Å². The summed E-state index contributed by atoms with van der Waals surface area (Å²) in [7, 11) is 1.40. The average Bonchev–Trinajstić information content (AvgIpc) is 2.83. The highest BCUT2D eigenvalue weighted by Crippen LogP contribution is 2.35. The summed E-state index contributed by atoms with van der Waals surface area (Å²) in [6, 6.07) is 15.6. The molecule has 12 heteroatoms. The van der Waals surface area contributed by atoms with Crippen molar-refractivity contribution in [3.63, 3.8) is 0 Å². The lowest BCUT2D eigenvalue weighted by Gasteiger charge is -2.11. The number of carbonyl (C=O) groups excluding carboxylic acids is 1. The molecule has 0 aliphatic rings. The highest BCUT2D eigenvalue weighted by molar-refractivity contribution is 5.91. The van der Waals surface area contributed by atoms with Gasteiger partial charge in [-0.25, -0.2) is 0 Å². The number of nitro benzene ring substituents is 1. The third-order valence-electron chi connectivity index (χ3n) is 4.52. The van der Waals surface area contributed by atoms with Crippen LogP contribution in [0, 0.1) is 10.1 Å². The lowest BCUT2D eigenvalue weighted by atomic mass is 10.1. The van der Waals surface area contributed by atoms with Crippen molar-refractivity contribution in [2.24, 2.45) is 5.10 Å². The van der Waals surface area contributed by atoms with Gasteiger partial charge in [-0.05, 0) is 48.0 Å². The van der Waals surface area contributed by atoms with Gasteiger partial charge in [0.2, 0.25) is 0 Å². The molecular formula is C23H19F3N4O5. The summed E-state index contributed by atoms with van der Waals surface area (Å²) >= 11 is 0. The van der Waals surface area contributed by atoms with E-state index in [4.69, 9.17) is 9.47 Å². The van der Waals surface area contributed by atoms with Crippen LogP contribution < -0.4 is 20.2 Å². The fourth-order valence-electron chi connectivity index (χ4n) is 2.88. The molecular weight excluding hydrogens is 469 g/mol. The van der Waals surface area contributed by atoms with E-state index in [-0.39, 0.29) is 18.2 Å². The Hall–Kier alpha value is -4.61. The molecule has 0 atom stereocenters. The van der Waals surface area contributed by atoms with Crippen LogP contribution >= 0.6 is 0 Å². The predicted octanol–water partition coefficient (Wildman–Crippen LogP) is 5.09. The summed E-state index contributed by atoms with van der Waals surface area (Å²) in [5.74, 6) is 0.215. The summed E-state index contributed by atoms with van der Waals surface area (Å²) in [4.78, 5) is 22.3. The standard InChI is InChI=1S/C23H19F3N4O5/c1-34-21-11-15(7-10-20(21)35-14-22(31)28-17-5-3-2-4-6-17)13-27-29-18-9-8-16(23(24,25)26)12-19(18)30(32)33/h2-13,29H,14H2,1H3,(H,28,31)/b27-13-. The molecule has 3 aromatic carbocycles. The van der Waals surface area contributed by atoms with E-state index in [0.29, 0.717) is 34.9 Å². The molecule has 0 unspecified atom stereocenters. The number of halogens is 3. The number of hydrogen-bond donors (Lipinski definition) is 2. The van der Waals surface area contributed by atoms with E-state index in [0.717, 1.165) is 6.07 Å². The topological polar surface area (TPSA) is 115 Å². The Bertz CT molecular complexity index is 1230. The van der Waals surface area contributed by atoms with Gasteiger partial charge in [0, 0.05) is 11.8 Å². The van der Waals surface area contributed by atoms with E-state index >= 15 is 0 Å². The lowest BCUT2D eigenvalue weighted by molar-refractivity contribution is -0.384. The first-order valence-corrected chi connectivity index (χ1v) is 9.98. The summed E-state index contributed by atoms with van der Waals surface area (Å²) in [5, 5.41) is 17.7.